The van der Waals surface area contributed by atoms with Gasteiger partial charge in [-0.3, -0.25) is 19.2 Å². The Balaban J connectivity index is 1.78. The Labute approximate surface area is 235 Å². The number of nitrogens with zero attached hydrogens (tertiary/aromatic N) is 2. The van der Waals surface area contributed by atoms with Gasteiger partial charge < -0.3 is 20.4 Å². The lowest BCUT2D eigenvalue weighted by Crippen LogP contribution is -2.33. The highest BCUT2D eigenvalue weighted by atomic mass is 33.1. The third-order valence-electron chi connectivity index (χ3n) is 5.38. The van der Waals surface area contributed by atoms with Crippen molar-refractivity contribution in [1.82, 2.24) is 9.80 Å². The van der Waals surface area contributed by atoms with Crippen molar-refractivity contribution >= 4 is 55.6 Å². The number of carbonyl (C=O) groups is 4. The molecule has 0 heterocycles. The number of amides is 4. The molecule has 0 aliphatic rings. The quantitative estimate of drug-likeness (QED) is 0.311. The zero-order valence-corrected chi connectivity index (χ0v) is 23.8. The first-order valence-electron chi connectivity index (χ1n) is 12.2. The Hall–Kier alpha value is -3.70. The van der Waals surface area contributed by atoms with Crippen LogP contribution in [0.3, 0.4) is 0 Å². The molecule has 0 saturated carbocycles. The zero-order valence-electron chi connectivity index (χ0n) is 22.2. The smallest absolute Gasteiger partial charge is 0.230 e. The lowest BCUT2D eigenvalue weighted by molar-refractivity contribution is -0.128. The predicted octanol–water partition coefficient (Wildman–Crippen LogP) is 4.17. The van der Waals surface area contributed by atoms with Crippen LogP contribution >= 0.6 is 10.8 Å². The molecule has 1 unspecified atom stereocenters. The van der Waals surface area contributed by atoms with Crippen LogP contribution in [0.15, 0.2) is 85.2 Å². The summed E-state index contributed by atoms with van der Waals surface area (Å²) in [4.78, 5) is 51.6. The first kappa shape index (κ1) is 31.5. The van der Waals surface area contributed by atoms with Gasteiger partial charge in [-0.1, -0.05) is 60.3 Å². The van der Waals surface area contributed by atoms with Crippen molar-refractivity contribution < 1.29 is 23.4 Å². The van der Waals surface area contributed by atoms with Gasteiger partial charge >= 0.3 is 0 Å². The summed E-state index contributed by atoms with van der Waals surface area (Å²) in [6.45, 7) is 10.8. The van der Waals surface area contributed by atoms with E-state index in [1.54, 1.807) is 48.5 Å². The fourth-order valence-corrected chi connectivity index (χ4v) is 5.79. The van der Waals surface area contributed by atoms with Crippen molar-refractivity contribution in [3.05, 3.63) is 85.2 Å². The van der Waals surface area contributed by atoms with Gasteiger partial charge in [-0.05, 0) is 24.3 Å². The van der Waals surface area contributed by atoms with E-state index in [1.165, 1.54) is 23.6 Å². The van der Waals surface area contributed by atoms with Crippen molar-refractivity contribution in [1.29, 1.82) is 0 Å². The van der Waals surface area contributed by atoms with Crippen molar-refractivity contribution in [3.63, 3.8) is 0 Å². The van der Waals surface area contributed by atoms with E-state index in [0.29, 0.717) is 28.5 Å². The third-order valence-corrected chi connectivity index (χ3v) is 8.30. The molecular formula is C28H34N4O5S2. The number of rotatable bonds is 15. The first-order chi connectivity index (χ1) is 18.6. The van der Waals surface area contributed by atoms with Crippen LogP contribution in [0, 0.1) is 0 Å². The number of nitrogens with one attached hydrogen (secondary N) is 2. The van der Waals surface area contributed by atoms with Crippen LogP contribution in [-0.2, 0) is 29.0 Å². The second-order valence-corrected chi connectivity index (χ2v) is 12.0. The van der Waals surface area contributed by atoms with E-state index in [-0.39, 0.29) is 55.3 Å². The van der Waals surface area contributed by atoms with Gasteiger partial charge in [0, 0.05) is 55.5 Å². The molecule has 0 radical (unpaired) electrons. The molecule has 39 heavy (non-hydrogen) atoms. The Kier molecular flexibility index (Phi) is 13.2. The average Bonchev–Trinajstić information content (AvgIpc) is 2.87. The minimum atomic E-state index is -1.36. The maximum Gasteiger partial charge on any atom is 0.230 e. The van der Waals surface area contributed by atoms with Crippen LogP contribution in [-0.4, -0.2) is 62.2 Å². The van der Waals surface area contributed by atoms with E-state index in [1.807, 2.05) is 12.1 Å². The van der Waals surface area contributed by atoms with Crippen molar-refractivity contribution in [2.24, 2.45) is 0 Å². The molecule has 11 heteroatoms. The lowest BCUT2D eigenvalue weighted by Gasteiger charge is -2.24. The molecule has 4 amide bonds. The number of hydrogen-bond donors (Lipinski definition) is 2. The van der Waals surface area contributed by atoms with Gasteiger partial charge in [0.2, 0.25) is 23.6 Å². The van der Waals surface area contributed by atoms with E-state index in [9.17, 15) is 23.4 Å². The monoisotopic (exact) mass is 570 g/mol. The minimum Gasteiger partial charge on any atom is -0.326 e. The molecule has 0 bridgehead atoms. The summed E-state index contributed by atoms with van der Waals surface area (Å²) < 4.78 is 12.6. The van der Waals surface area contributed by atoms with Gasteiger partial charge in [0.25, 0.3) is 0 Å². The zero-order chi connectivity index (χ0) is 28.8. The highest BCUT2D eigenvalue weighted by molar-refractivity contribution is 8.69. The summed E-state index contributed by atoms with van der Waals surface area (Å²) in [5.74, 6) is -0.685. The molecule has 2 aromatic rings. The predicted molar refractivity (Wildman–Crippen MR) is 158 cm³/mol. The molecule has 2 N–H and O–H groups in total. The van der Waals surface area contributed by atoms with E-state index in [0.717, 1.165) is 10.8 Å². The molecule has 0 aliphatic heterocycles. The second-order valence-electron chi connectivity index (χ2n) is 8.49. The largest absolute Gasteiger partial charge is 0.326 e. The molecule has 2 aromatic carbocycles. The normalized spacial score (nSPS) is 11.1. The summed E-state index contributed by atoms with van der Waals surface area (Å²) in [5, 5.41) is 5.50. The van der Waals surface area contributed by atoms with Crippen molar-refractivity contribution in [2.75, 3.05) is 35.2 Å². The van der Waals surface area contributed by atoms with E-state index >= 15 is 0 Å². The number of carbonyl (C=O) groups excluding carboxylic acids is 4. The molecule has 0 saturated heterocycles. The van der Waals surface area contributed by atoms with Gasteiger partial charge in [0.05, 0.1) is 28.4 Å². The molecular weight excluding hydrogens is 536 g/mol. The second kappa shape index (κ2) is 16.3. The fraction of sp³-hybridized carbons (Fsp3) is 0.286. The third kappa shape index (κ3) is 11.7. The molecule has 1 atom stereocenters. The van der Waals surface area contributed by atoms with Crippen LogP contribution in [0.4, 0.5) is 11.4 Å². The maximum absolute atomic E-state index is 12.6. The number of anilines is 2. The Morgan fingerprint density at radius 2 is 1.15 bits per heavy atom. The van der Waals surface area contributed by atoms with Crippen LogP contribution in [0.5, 0.6) is 0 Å². The van der Waals surface area contributed by atoms with Crippen molar-refractivity contribution in [3.8, 4) is 0 Å². The fourth-order valence-electron chi connectivity index (χ4n) is 3.54. The lowest BCUT2D eigenvalue weighted by atomic mass is 10.2. The molecule has 0 aromatic heterocycles. The van der Waals surface area contributed by atoms with E-state index < -0.39 is 9.83 Å². The SMILES string of the molecule is C=C(CC(=O)Nc1ccccc1)N(CCSS(=O)CCN(C(=C)CC(=O)Nc1ccccc1)C(C)=O)C(C)=O. The molecule has 208 valence electrons. The molecule has 0 fully saturated rings. The summed E-state index contributed by atoms with van der Waals surface area (Å²) >= 11 is 0. The van der Waals surface area contributed by atoms with Crippen LogP contribution in [0.25, 0.3) is 0 Å². The number of benzene rings is 2. The number of hydrogen-bond acceptors (Lipinski definition) is 6. The molecule has 9 nitrogen and oxygen atoms in total. The summed E-state index contributed by atoms with van der Waals surface area (Å²) in [7, 11) is -0.232. The van der Waals surface area contributed by atoms with Gasteiger partial charge in [0.15, 0.2) is 0 Å². The first-order valence-corrected chi connectivity index (χ1v) is 15.0. The Morgan fingerprint density at radius 1 is 0.744 bits per heavy atom. The standard InChI is InChI=1S/C28H34N4O5S2/c1-21(19-27(35)29-25-11-7-5-8-12-25)31(23(3)33)15-17-38-39(37)18-16-32(24(4)34)22(2)20-28(36)30-26-13-9-6-10-14-26/h5-14H,1-2,15-20H2,3-4H3,(H,29,35)(H,30,36). The average molecular weight is 571 g/mol. The maximum atomic E-state index is 12.6. The minimum absolute atomic E-state index is 0.0598. The van der Waals surface area contributed by atoms with Gasteiger partial charge in [-0.15, -0.1) is 0 Å². The van der Waals surface area contributed by atoms with E-state index in [2.05, 4.69) is 23.8 Å². The highest BCUT2D eigenvalue weighted by Crippen LogP contribution is 2.16. The topological polar surface area (TPSA) is 116 Å². The highest BCUT2D eigenvalue weighted by Gasteiger charge is 2.19. The number of para-hydroxylation sites is 2. The Bertz CT molecular complexity index is 1200. The van der Waals surface area contributed by atoms with E-state index in [4.69, 9.17) is 0 Å². The van der Waals surface area contributed by atoms with Crippen molar-refractivity contribution in [2.45, 2.75) is 26.7 Å². The van der Waals surface area contributed by atoms with Crippen LogP contribution in [0.2, 0.25) is 0 Å². The molecule has 2 rings (SSSR count). The van der Waals surface area contributed by atoms with Crippen LogP contribution in [0.1, 0.15) is 26.7 Å². The van der Waals surface area contributed by atoms with Gasteiger partial charge in [-0.2, -0.15) is 0 Å². The summed E-state index contributed by atoms with van der Waals surface area (Å²) in [5.41, 5.74) is 1.94. The molecule has 0 aliphatic carbocycles. The van der Waals surface area contributed by atoms with Gasteiger partial charge in [0.1, 0.15) is 0 Å². The molecule has 0 spiro atoms. The summed E-state index contributed by atoms with van der Waals surface area (Å²) in [6, 6.07) is 17.9. The van der Waals surface area contributed by atoms with Crippen LogP contribution < -0.4 is 10.6 Å². The van der Waals surface area contributed by atoms with Gasteiger partial charge in [-0.25, -0.2) is 4.21 Å². The summed E-state index contributed by atoms with van der Waals surface area (Å²) in [6.07, 6.45) is -0.141. The Morgan fingerprint density at radius 3 is 1.56 bits per heavy atom.